The summed E-state index contributed by atoms with van der Waals surface area (Å²) in [5.41, 5.74) is -4.29. The van der Waals surface area contributed by atoms with Crippen LogP contribution < -0.4 is 53.2 Å². The molecular weight excluding hydrogens is 1070 g/mol. The molecule has 27 nitrogen and oxygen atoms in total. The minimum Gasteiger partial charge on any atom is -0.463 e. The first-order chi connectivity index (χ1) is 39.5. The van der Waals surface area contributed by atoms with Crippen LogP contribution in [-0.2, 0) is 38.2 Å². The Morgan fingerprint density at radius 1 is 0.463 bits per heavy atom. The Balaban J connectivity index is 0.570. The van der Waals surface area contributed by atoms with Crippen LogP contribution >= 0.6 is 0 Å². The average molecular weight is 1120 g/mol. The van der Waals surface area contributed by atoms with Gasteiger partial charge in [0.2, 0.25) is 23.6 Å². The van der Waals surface area contributed by atoms with Crippen LogP contribution in [0.25, 0.3) is 0 Å². The highest BCUT2D eigenvalue weighted by Crippen LogP contribution is 2.64. The number of esters is 2. The summed E-state index contributed by atoms with van der Waals surface area (Å²) in [6.07, 6.45) is 1.90. The van der Waals surface area contributed by atoms with Gasteiger partial charge in [-0.25, -0.2) is 24.2 Å². The van der Waals surface area contributed by atoms with Crippen molar-refractivity contribution in [3.05, 3.63) is 101 Å². The van der Waals surface area contributed by atoms with Crippen molar-refractivity contribution >= 4 is 71.5 Å². The van der Waals surface area contributed by atoms with E-state index in [1.165, 1.54) is 18.2 Å². The van der Waals surface area contributed by atoms with Crippen molar-refractivity contribution in [3.63, 3.8) is 0 Å². The second kappa shape index (κ2) is 19.2. The lowest BCUT2D eigenvalue weighted by Gasteiger charge is -2.58. The summed E-state index contributed by atoms with van der Waals surface area (Å²) < 4.78 is 11.4. The number of hydrogen-bond acceptors (Lipinski definition) is 15. The van der Waals surface area contributed by atoms with Crippen molar-refractivity contribution in [1.29, 1.82) is 0 Å². The van der Waals surface area contributed by atoms with Gasteiger partial charge in [0.25, 0.3) is 11.8 Å². The van der Waals surface area contributed by atoms with Gasteiger partial charge in [-0.1, -0.05) is 66.7 Å². The zero-order valence-electron chi connectivity index (χ0n) is 43.8. The number of nitrogens with zero attached hydrogens (tertiary/aromatic N) is 3. The Hall–Kier alpha value is -9.17. The molecule has 12 aliphatic rings. The summed E-state index contributed by atoms with van der Waals surface area (Å²) in [5, 5.41) is 28.2. The maximum atomic E-state index is 14.5. The SMILES string of the molecule is O=C1NC23NC(=O)NC2(N1)[C@H]1CC[C@@H]3[C@H]2C(=O)N([C@@H](COC(=O)CCCNC(=O)c3cccc(C(=O)NCCCC(=O)OC[C@@H](c4ccccc4)N4C(=O)[C@@H]5[C@H](C4=O)[C@H]4CC[C@@H]5C56NC(=O)NC45NC(=O)N6)n3)c3ccccc3)C(=O)[C@H]21. The number of rotatable bonds is 18. The number of aromatic nitrogens is 1. The monoisotopic (exact) mass is 1120 g/mol. The Morgan fingerprint density at radius 3 is 1.07 bits per heavy atom. The lowest BCUT2D eigenvalue weighted by Crippen LogP contribution is -2.80. The van der Waals surface area contributed by atoms with Gasteiger partial charge in [0.05, 0.1) is 35.8 Å². The number of amides is 14. The van der Waals surface area contributed by atoms with E-state index in [1.54, 1.807) is 60.7 Å². The Labute approximate surface area is 466 Å². The minimum absolute atomic E-state index is 0.0231. The molecule has 10 atom stereocenters. The van der Waals surface area contributed by atoms with E-state index in [2.05, 4.69) is 58.2 Å². The van der Waals surface area contributed by atoms with E-state index in [4.69, 9.17) is 9.47 Å². The van der Waals surface area contributed by atoms with Crippen molar-refractivity contribution in [2.75, 3.05) is 26.3 Å². The molecule has 2 aromatic carbocycles. The number of carbonyl (C=O) groups excluding carboxylic acids is 12. The van der Waals surface area contributed by atoms with Gasteiger partial charge >= 0.3 is 36.1 Å². The Kier molecular flexibility index (Phi) is 12.3. The van der Waals surface area contributed by atoms with Gasteiger partial charge in [0.1, 0.15) is 24.6 Å². The molecule has 14 amide bonds. The van der Waals surface area contributed by atoms with E-state index in [-0.39, 0.29) is 63.4 Å². The number of fused-ring (bicyclic) bond motifs is 2. The maximum Gasteiger partial charge on any atom is 0.318 e. The zero-order chi connectivity index (χ0) is 57.0. The number of carbonyl (C=O) groups is 12. The molecule has 15 rings (SSSR count). The normalized spacial score (nSPS) is 33.3. The van der Waals surface area contributed by atoms with Crippen molar-refractivity contribution in [2.24, 2.45) is 47.3 Å². The van der Waals surface area contributed by atoms with E-state index in [0.717, 1.165) is 9.80 Å². The van der Waals surface area contributed by atoms with Gasteiger partial charge < -0.3 is 62.6 Å². The second-order valence-corrected chi connectivity index (χ2v) is 22.7. The molecule has 6 aliphatic heterocycles. The lowest BCUT2D eigenvalue weighted by molar-refractivity contribution is -0.152. The van der Waals surface area contributed by atoms with Crippen LogP contribution in [0.1, 0.15) is 95.6 Å². The summed E-state index contributed by atoms with van der Waals surface area (Å²) in [5.74, 6) is -10.3. The van der Waals surface area contributed by atoms with Crippen LogP contribution in [0.2, 0.25) is 0 Å². The fraction of sp³-hybridized carbons (Fsp3) is 0.473. The molecule has 27 heteroatoms. The first-order valence-corrected chi connectivity index (χ1v) is 27.6. The third kappa shape index (κ3) is 7.62. The molecule has 82 heavy (non-hydrogen) atoms. The number of benzene rings is 2. The smallest absolute Gasteiger partial charge is 0.318 e. The first kappa shape index (κ1) is 52.2. The summed E-state index contributed by atoms with van der Waals surface area (Å²) >= 11 is 0. The highest BCUT2D eigenvalue weighted by molar-refractivity contribution is 6.08. The number of hydrogen-bond donors (Lipinski definition) is 10. The molecule has 0 spiro atoms. The van der Waals surface area contributed by atoms with E-state index < -0.39 is 154 Å². The summed E-state index contributed by atoms with van der Waals surface area (Å²) in [7, 11) is 0. The van der Waals surface area contributed by atoms with E-state index in [9.17, 15) is 57.5 Å². The molecule has 7 heterocycles. The zero-order valence-corrected chi connectivity index (χ0v) is 43.8. The fourth-order valence-corrected chi connectivity index (χ4v) is 15.8. The number of urea groups is 4. The van der Waals surface area contributed by atoms with Gasteiger partial charge in [-0.3, -0.25) is 48.2 Å². The first-order valence-electron chi connectivity index (χ1n) is 27.6. The molecule has 4 bridgehead atoms. The summed E-state index contributed by atoms with van der Waals surface area (Å²) in [6.45, 7) is -0.647. The number of likely N-dealkylation sites (tertiary alicyclic amines) is 2. The molecule has 426 valence electrons. The van der Waals surface area contributed by atoms with Crippen LogP contribution in [0.3, 0.4) is 0 Å². The minimum atomic E-state index is -1.31. The highest BCUT2D eigenvalue weighted by Gasteiger charge is 2.83. The molecule has 0 radical (unpaired) electrons. The largest absolute Gasteiger partial charge is 0.463 e. The maximum absolute atomic E-state index is 14.5. The molecule has 6 aliphatic carbocycles. The van der Waals surface area contributed by atoms with Gasteiger partial charge in [-0.2, -0.15) is 0 Å². The fourth-order valence-electron chi connectivity index (χ4n) is 15.8. The van der Waals surface area contributed by atoms with Gasteiger partial charge in [-0.05, 0) is 61.8 Å². The predicted molar refractivity (Wildman–Crippen MR) is 275 cm³/mol. The number of pyridine rings is 1. The van der Waals surface area contributed by atoms with Crippen molar-refractivity contribution in [3.8, 4) is 0 Å². The third-order valence-electron chi connectivity index (χ3n) is 18.8. The quantitative estimate of drug-likeness (QED) is 0.0455. The molecular formula is C55H57N13O14. The summed E-state index contributed by atoms with van der Waals surface area (Å²) in [4.78, 5) is 168. The third-order valence-corrected chi connectivity index (χ3v) is 18.8. The average Bonchev–Trinajstić information content (AvgIpc) is 1.54. The van der Waals surface area contributed by atoms with Gasteiger partial charge in [-0.15, -0.1) is 0 Å². The van der Waals surface area contributed by atoms with Crippen LogP contribution in [0, 0.1) is 47.3 Å². The molecule has 6 saturated carbocycles. The predicted octanol–water partition coefficient (Wildman–Crippen LogP) is -0.0110. The molecule has 0 unspecified atom stereocenters. The van der Waals surface area contributed by atoms with Gasteiger partial charge in [0, 0.05) is 49.6 Å². The summed E-state index contributed by atoms with van der Waals surface area (Å²) in [6, 6.07) is 17.7. The molecule has 1 aromatic heterocycles. The second-order valence-electron chi connectivity index (χ2n) is 22.7. The van der Waals surface area contributed by atoms with Crippen LogP contribution in [0.4, 0.5) is 19.2 Å². The van der Waals surface area contributed by atoms with E-state index in [1.807, 2.05) is 0 Å². The van der Waals surface area contributed by atoms with Crippen molar-refractivity contribution in [1.82, 2.24) is 68.0 Å². The van der Waals surface area contributed by atoms with Crippen molar-refractivity contribution in [2.45, 2.75) is 86.1 Å². The highest BCUT2D eigenvalue weighted by atomic mass is 16.5. The van der Waals surface area contributed by atoms with Crippen molar-refractivity contribution < 1.29 is 67.0 Å². The van der Waals surface area contributed by atoms with Crippen LogP contribution in [0.15, 0.2) is 78.9 Å². The van der Waals surface area contributed by atoms with Crippen LogP contribution in [0.5, 0.6) is 0 Å². The molecule has 6 saturated heterocycles. The Bertz CT molecular complexity index is 2950. The molecule has 10 N–H and O–H groups in total. The molecule has 3 aromatic rings. The standard InChI is InChI=1S/C55H57N13O14/c69-36(81-24-34(26-10-3-1-4-11-26)67-44(73)38-28-18-19-29(39(38)45(67)74)53-52(28,59-48(77)61-53)60-49(78)62-53)16-8-22-56-42(71)32-14-7-15-33(58-32)43(72)57-23-9-17-37(70)82-25-35(27-12-5-2-6-13-27)68-46(75)40-30-20-21-31(41(40)47(68)76)55-54(30,63-50(79)65-55)64-51(80)66-55/h1-7,10-15,28-31,34-35,38-41H,8-9,16-25H2,(H,56,71)(H,57,72)(H2,59,61,77)(H2,60,62,78)(H2,63,65,79)(H2,64,66,80)/t28-,29+,30-,31+,34-,35-,38-,39+,40-,41+,52?,53?,54?,55?/m0/s1. The lowest BCUT2D eigenvalue weighted by atomic mass is 9.50. The molecule has 12 fully saturated rings. The van der Waals surface area contributed by atoms with E-state index in [0.29, 0.717) is 36.8 Å². The number of nitrogens with one attached hydrogen (secondary N) is 10. The van der Waals surface area contributed by atoms with Gasteiger partial charge in [0.15, 0.2) is 22.7 Å². The Morgan fingerprint density at radius 2 is 0.768 bits per heavy atom. The number of ether oxygens (including phenoxy) is 2. The topological polar surface area (TPSA) is 363 Å². The number of imide groups is 2. The van der Waals surface area contributed by atoms with Crippen LogP contribution in [-0.4, -0.2) is 135 Å². The van der Waals surface area contributed by atoms with E-state index >= 15 is 0 Å².